The standard InChI is InChI=1S/C16H14F2N2O/c17-11-5-6-14(18)13(8-11)16(21)20-12-7-10-3-1-2-4-15(10)19-9-12/h1-6,8,12,19H,7,9H2,(H,20,21). The molecule has 0 aliphatic carbocycles. The second-order valence-corrected chi connectivity index (χ2v) is 5.04. The maximum Gasteiger partial charge on any atom is 0.254 e. The molecular formula is C16H14F2N2O. The molecule has 0 saturated carbocycles. The van der Waals surface area contributed by atoms with Crippen LogP contribution < -0.4 is 10.6 Å². The first-order valence-electron chi connectivity index (χ1n) is 6.71. The fourth-order valence-electron chi connectivity index (χ4n) is 2.48. The summed E-state index contributed by atoms with van der Waals surface area (Å²) in [6, 6.07) is 10.5. The fourth-order valence-corrected chi connectivity index (χ4v) is 2.48. The third-order valence-corrected chi connectivity index (χ3v) is 3.53. The molecule has 2 aromatic carbocycles. The molecule has 2 N–H and O–H groups in total. The highest BCUT2D eigenvalue weighted by atomic mass is 19.1. The van der Waals surface area contributed by atoms with Crippen LogP contribution in [-0.4, -0.2) is 18.5 Å². The van der Waals surface area contributed by atoms with E-state index in [2.05, 4.69) is 10.6 Å². The van der Waals surface area contributed by atoms with Gasteiger partial charge in [-0.1, -0.05) is 18.2 Å². The van der Waals surface area contributed by atoms with Gasteiger partial charge in [-0.2, -0.15) is 0 Å². The third-order valence-electron chi connectivity index (χ3n) is 3.53. The lowest BCUT2D eigenvalue weighted by Gasteiger charge is -2.27. The Morgan fingerprint density at radius 1 is 1.19 bits per heavy atom. The van der Waals surface area contributed by atoms with Gasteiger partial charge in [0.1, 0.15) is 11.6 Å². The summed E-state index contributed by atoms with van der Waals surface area (Å²) < 4.78 is 26.7. The number of hydrogen-bond donors (Lipinski definition) is 2. The first-order valence-corrected chi connectivity index (χ1v) is 6.71. The number of benzene rings is 2. The van der Waals surface area contributed by atoms with Crippen molar-refractivity contribution in [2.45, 2.75) is 12.5 Å². The summed E-state index contributed by atoms with van der Waals surface area (Å²) in [5.41, 5.74) is 1.86. The minimum Gasteiger partial charge on any atom is -0.383 e. The predicted octanol–water partition coefficient (Wildman–Crippen LogP) is 2.73. The maximum absolute atomic E-state index is 13.6. The van der Waals surface area contributed by atoms with Crippen LogP contribution in [0.25, 0.3) is 0 Å². The summed E-state index contributed by atoms with van der Waals surface area (Å²) in [4.78, 5) is 12.1. The van der Waals surface area contributed by atoms with Crippen LogP contribution in [0.1, 0.15) is 15.9 Å². The van der Waals surface area contributed by atoms with Gasteiger partial charge in [-0.3, -0.25) is 4.79 Å². The number of amides is 1. The third kappa shape index (κ3) is 2.86. The van der Waals surface area contributed by atoms with E-state index >= 15 is 0 Å². The van der Waals surface area contributed by atoms with Crippen molar-refractivity contribution in [1.82, 2.24) is 5.32 Å². The molecule has 1 unspecified atom stereocenters. The van der Waals surface area contributed by atoms with Gasteiger partial charge in [-0.15, -0.1) is 0 Å². The smallest absolute Gasteiger partial charge is 0.254 e. The number of para-hydroxylation sites is 1. The van der Waals surface area contributed by atoms with Gasteiger partial charge in [0.25, 0.3) is 5.91 Å². The molecule has 1 amide bonds. The molecule has 1 atom stereocenters. The van der Waals surface area contributed by atoms with Crippen molar-refractivity contribution in [3.05, 3.63) is 65.2 Å². The summed E-state index contributed by atoms with van der Waals surface area (Å²) >= 11 is 0. The molecule has 0 saturated heterocycles. The molecule has 0 bridgehead atoms. The van der Waals surface area contributed by atoms with E-state index < -0.39 is 17.5 Å². The van der Waals surface area contributed by atoms with Gasteiger partial charge in [0.05, 0.1) is 11.6 Å². The van der Waals surface area contributed by atoms with Crippen LogP contribution in [0.15, 0.2) is 42.5 Å². The summed E-state index contributed by atoms with van der Waals surface area (Å²) in [5.74, 6) is -1.95. The van der Waals surface area contributed by atoms with E-state index in [-0.39, 0.29) is 11.6 Å². The largest absolute Gasteiger partial charge is 0.383 e. The second kappa shape index (κ2) is 5.52. The SMILES string of the molecule is O=C(NC1CNc2ccccc2C1)c1cc(F)ccc1F. The van der Waals surface area contributed by atoms with Crippen LogP contribution in [-0.2, 0) is 6.42 Å². The Balaban J connectivity index is 1.73. The molecule has 0 spiro atoms. The lowest BCUT2D eigenvalue weighted by molar-refractivity contribution is 0.0933. The van der Waals surface area contributed by atoms with Crippen molar-refractivity contribution in [3.8, 4) is 0 Å². The number of fused-ring (bicyclic) bond motifs is 1. The number of carbonyl (C=O) groups excluding carboxylic acids is 1. The van der Waals surface area contributed by atoms with Gasteiger partial charge in [-0.25, -0.2) is 8.78 Å². The molecule has 3 rings (SSSR count). The van der Waals surface area contributed by atoms with E-state index in [0.29, 0.717) is 13.0 Å². The minimum atomic E-state index is -0.724. The maximum atomic E-state index is 13.6. The van der Waals surface area contributed by atoms with Crippen molar-refractivity contribution in [3.63, 3.8) is 0 Å². The average molecular weight is 288 g/mol. The van der Waals surface area contributed by atoms with Crippen LogP contribution in [0.3, 0.4) is 0 Å². The number of hydrogen-bond acceptors (Lipinski definition) is 2. The van der Waals surface area contributed by atoms with Crippen molar-refractivity contribution < 1.29 is 13.6 Å². The van der Waals surface area contributed by atoms with Crippen LogP contribution >= 0.6 is 0 Å². The molecule has 0 aromatic heterocycles. The van der Waals surface area contributed by atoms with Crippen molar-refractivity contribution >= 4 is 11.6 Å². The molecule has 1 aliphatic heterocycles. The van der Waals surface area contributed by atoms with E-state index in [4.69, 9.17) is 0 Å². The highest BCUT2D eigenvalue weighted by Gasteiger charge is 2.21. The Kier molecular flexibility index (Phi) is 3.56. The molecule has 5 heteroatoms. The van der Waals surface area contributed by atoms with Crippen LogP contribution in [0.4, 0.5) is 14.5 Å². The Labute approximate surface area is 121 Å². The van der Waals surface area contributed by atoms with Gasteiger partial charge < -0.3 is 10.6 Å². The molecule has 2 aromatic rings. The molecule has 0 radical (unpaired) electrons. The monoisotopic (exact) mass is 288 g/mol. The molecule has 21 heavy (non-hydrogen) atoms. The number of halogens is 2. The minimum absolute atomic E-state index is 0.157. The molecule has 108 valence electrons. The van der Waals surface area contributed by atoms with E-state index in [1.165, 1.54) is 0 Å². The van der Waals surface area contributed by atoms with Crippen LogP contribution in [0.5, 0.6) is 0 Å². The number of rotatable bonds is 2. The summed E-state index contributed by atoms with van der Waals surface area (Å²) in [6.45, 7) is 0.555. The molecule has 0 fully saturated rings. The first-order chi connectivity index (χ1) is 10.1. The highest BCUT2D eigenvalue weighted by Crippen LogP contribution is 2.21. The second-order valence-electron chi connectivity index (χ2n) is 5.04. The van der Waals surface area contributed by atoms with Crippen molar-refractivity contribution in [1.29, 1.82) is 0 Å². The summed E-state index contributed by atoms with van der Waals surface area (Å²) in [5, 5.41) is 5.95. The fraction of sp³-hybridized carbons (Fsp3) is 0.188. The number of carbonyl (C=O) groups is 1. The van der Waals surface area contributed by atoms with E-state index in [1.807, 2.05) is 24.3 Å². The average Bonchev–Trinajstić information content (AvgIpc) is 2.49. The molecule has 1 heterocycles. The Hall–Kier alpha value is -2.43. The lowest BCUT2D eigenvalue weighted by Crippen LogP contribution is -2.43. The quantitative estimate of drug-likeness (QED) is 0.892. The van der Waals surface area contributed by atoms with Gasteiger partial charge in [-0.05, 0) is 36.2 Å². The van der Waals surface area contributed by atoms with Crippen molar-refractivity contribution in [2.24, 2.45) is 0 Å². The molecule has 3 nitrogen and oxygen atoms in total. The first kappa shape index (κ1) is 13.5. The summed E-state index contributed by atoms with van der Waals surface area (Å²) in [6.07, 6.45) is 0.659. The Bertz CT molecular complexity index is 688. The number of anilines is 1. The van der Waals surface area contributed by atoms with E-state index in [0.717, 1.165) is 29.4 Å². The topological polar surface area (TPSA) is 41.1 Å². The molecular weight excluding hydrogens is 274 g/mol. The molecule has 1 aliphatic rings. The zero-order valence-electron chi connectivity index (χ0n) is 11.2. The van der Waals surface area contributed by atoms with Gasteiger partial charge >= 0.3 is 0 Å². The number of nitrogens with one attached hydrogen (secondary N) is 2. The van der Waals surface area contributed by atoms with Crippen LogP contribution in [0.2, 0.25) is 0 Å². The Morgan fingerprint density at radius 3 is 2.86 bits per heavy atom. The predicted molar refractivity (Wildman–Crippen MR) is 76.2 cm³/mol. The lowest BCUT2D eigenvalue weighted by atomic mass is 9.99. The Morgan fingerprint density at radius 2 is 2.00 bits per heavy atom. The zero-order valence-corrected chi connectivity index (χ0v) is 11.2. The normalized spacial score (nSPS) is 16.8. The van der Waals surface area contributed by atoms with Gasteiger partial charge in [0.15, 0.2) is 0 Å². The van der Waals surface area contributed by atoms with E-state index in [9.17, 15) is 13.6 Å². The van der Waals surface area contributed by atoms with Crippen LogP contribution in [0, 0.1) is 11.6 Å². The summed E-state index contributed by atoms with van der Waals surface area (Å²) in [7, 11) is 0. The van der Waals surface area contributed by atoms with E-state index in [1.54, 1.807) is 0 Å². The zero-order chi connectivity index (χ0) is 14.8. The highest BCUT2D eigenvalue weighted by molar-refractivity contribution is 5.94. The van der Waals surface area contributed by atoms with Gasteiger partial charge in [0.2, 0.25) is 0 Å². The van der Waals surface area contributed by atoms with Gasteiger partial charge in [0, 0.05) is 12.2 Å². The van der Waals surface area contributed by atoms with Crippen molar-refractivity contribution in [2.75, 3.05) is 11.9 Å².